The standard InChI is InChI=1S/C22H20N2O4/c1-4-28-22(27)18-19(25)17(14-8-6-5-7-9-14)21(26)24-16-11-13(3)12(2)10-15(16)23-20(18)24/h5-11,23,25H,4H2,1-3H3. The first-order valence-corrected chi connectivity index (χ1v) is 9.07. The molecule has 6 nitrogen and oxygen atoms in total. The number of aromatic amines is 1. The fourth-order valence-corrected chi connectivity index (χ4v) is 3.49. The normalized spacial score (nSPS) is 11.2. The highest BCUT2D eigenvalue weighted by Gasteiger charge is 2.27. The van der Waals surface area contributed by atoms with E-state index in [0.29, 0.717) is 16.6 Å². The largest absolute Gasteiger partial charge is 0.506 e. The van der Waals surface area contributed by atoms with Crippen LogP contribution in [0.1, 0.15) is 28.4 Å². The smallest absolute Gasteiger partial charge is 0.345 e. The molecule has 0 aliphatic rings. The van der Waals surface area contributed by atoms with E-state index >= 15 is 0 Å². The monoisotopic (exact) mass is 376 g/mol. The molecule has 0 spiro atoms. The van der Waals surface area contributed by atoms with Gasteiger partial charge in [0.25, 0.3) is 5.56 Å². The second kappa shape index (κ2) is 6.56. The van der Waals surface area contributed by atoms with Crippen molar-refractivity contribution in [2.45, 2.75) is 20.8 Å². The Morgan fingerprint density at radius 2 is 1.82 bits per heavy atom. The van der Waals surface area contributed by atoms with E-state index in [-0.39, 0.29) is 29.1 Å². The zero-order valence-corrected chi connectivity index (χ0v) is 15.9. The number of carbonyl (C=O) groups excluding carboxylic acids is 1. The first kappa shape index (κ1) is 17.9. The van der Waals surface area contributed by atoms with Crippen molar-refractivity contribution in [2.24, 2.45) is 0 Å². The SMILES string of the molecule is CCOC(=O)c1c(O)c(-c2ccccc2)c(=O)n2c1[nH]c1cc(C)c(C)cc12. The highest BCUT2D eigenvalue weighted by Crippen LogP contribution is 2.34. The highest BCUT2D eigenvalue weighted by molar-refractivity contribution is 6.03. The Balaban J connectivity index is 2.22. The number of aromatic hydroxyl groups is 1. The van der Waals surface area contributed by atoms with E-state index in [1.807, 2.05) is 32.0 Å². The van der Waals surface area contributed by atoms with E-state index in [1.54, 1.807) is 31.2 Å². The van der Waals surface area contributed by atoms with Crippen molar-refractivity contribution in [1.82, 2.24) is 9.38 Å². The van der Waals surface area contributed by atoms with Crippen molar-refractivity contribution in [3.8, 4) is 16.9 Å². The van der Waals surface area contributed by atoms with E-state index < -0.39 is 11.5 Å². The van der Waals surface area contributed by atoms with Gasteiger partial charge in [0.15, 0.2) is 0 Å². The lowest BCUT2D eigenvalue weighted by Gasteiger charge is -2.11. The molecule has 28 heavy (non-hydrogen) atoms. The van der Waals surface area contributed by atoms with Crippen molar-refractivity contribution in [2.75, 3.05) is 6.61 Å². The Hall–Kier alpha value is -3.54. The number of aryl methyl sites for hydroxylation is 2. The summed E-state index contributed by atoms with van der Waals surface area (Å²) in [5.74, 6) is -1.07. The molecule has 2 aromatic carbocycles. The molecule has 2 aromatic heterocycles. The number of nitrogens with zero attached hydrogens (tertiary/aromatic N) is 1. The number of imidazole rings is 1. The number of aromatic nitrogens is 2. The number of nitrogens with one attached hydrogen (secondary N) is 1. The van der Waals surface area contributed by atoms with Crippen LogP contribution in [0.2, 0.25) is 0 Å². The van der Waals surface area contributed by atoms with E-state index in [4.69, 9.17) is 4.74 Å². The van der Waals surface area contributed by atoms with Crippen LogP contribution in [0.3, 0.4) is 0 Å². The van der Waals surface area contributed by atoms with Gasteiger partial charge in [0.2, 0.25) is 0 Å². The summed E-state index contributed by atoms with van der Waals surface area (Å²) >= 11 is 0. The maximum Gasteiger partial charge on any atom is 0.345 e. The maximum absolute atomic E-state index is 13.4. The number of hydrogen-bond acceptors (Lipinski definition) is 4. The molecule has 0 aliphatic heterocycles. The number of carbonyl (C=O) groups is 1. The number of esters is 1. The molecule has 0 radical (unpaired) electrons. The molecular formula is C22H20N2O4. The van der Waals surface area contributed by atoms with Gasteiger partial charge in [-0.05, 0) is 49.6 Å². The molecule has 4 rings (SSSR count). The Labute approximate surface area is 161 Å². The van der Waals surface area contributed by atoms with Gasteiger partial charge in [-0.1, -0.05) is 30.3 Å². The van der Waals surface area contributed by atoms with Gasteiger partial charge in [-0.2, -0.15) is 0 Å². The Morgan fingerprint density at radius 3 is 2.50 bits per heavy atom. The summed E-state index contributed by atoms with van der Waals surface area (Å²) in [5, 5.41) is 10.9. The predicted molar refractivity (Wildman–Crippen MR) is 108 cm³/mol. The highest BCUT2D eigenvalue weighted by atomic mass is 16.5. The van der Waals surface area contributed by atoms with Crippen LogP contribution in [0, 0.1) is 13.8 Å². The lowest BCUT2D eigenvalue weighted by atomic mass is 10.0. The molecule has 0 atom stereocenters. The molecule has 142 valence electrons. The first-order chi connectivity index (χ1) is 13.4. The van der Waals surface area contributed by atoms with Crippen LogP contribution in [-0.2, 0) is 4.74 Å². The summed E-state index contributed by atoms with van der Waals surface area (Å²) in [6.45, 7) is 5.78. The minimum Gasteiger partial charge on any atom is -0.506 e. The van der Waals surface area contributed by atoms with Gasteiger partial charge in [0.1, 0.15) is 17.0 Å². The molecular weight excluding hydrogens is 356 g/mol. The Bertz CT molecular complexity index is 1280. The number of rotatable bonds is 3. The molecule has 0 amide bonds. The van der Waals surface area contributed by atoms with Crippen LogP contribution < -0.4 is 5.56 Å². The summed E-state index contributed by atoms with van der Waals surface area (Å²) in [4.78, 5) is 29.2. The Morgan fingerprint density at radius 1 is 1.14 bits per heavy atom. The molecule has 2 heterocycles. The molecule has 0 unspecified atom stereocenters. The predicted octanol–water partition coefficient (Wildman–Crippen LogP) is 3.95. The van der Waals surface area contributed by atoms with Crippen molar-refractivity contribution < 1.29 is 14.6 Å². The lowest BCUT2D eigenvalue weighted by Crippen LogP contribution is -2.19. The molecule has 0 saturated heterocycles. The molecule has 0 bridgehead atoms. The fourth-order valence-electron chi connectivity index (χ4n) is 3.49. The first-order valence-electron chi connectivity index (χ1n) is 9.07. The van der Waals surface area contributed by atoms with Crippen molar-refractivity contribution >= 4 is 22.6 Å². The van der Waals surface area contributed by atoms with E-state index in [1.165, 1.54) is 4.40 Å². The number of ether oxygens (including phenoxy) is 1. The third-order valence-electron chi connectivity index (χ3n) is 5.00. The number of H-pyrrole nitrogens is 1. The quantitative estimate of drug-likeness (QED) is 0.530. The molecule has 4 aromatic rings. The fraction of sp³-hybridized carbons (Fsp3) is 0.182. The number of hydrogen-bond donors (Lipinski definition) is 2. The van der Waals surface area contributed by atoms with Crippen molar-refractivity contribution in [1.29, 1.82) is 0 Å². The number of pyridine rings is 1. The van der Waals surface area contributed by atoms with Gasteiger partial charge >= 0.3 is 5.97 Å². The van der Waals surface area contributed by atoms with Crippen molar-refractivity contribution in [3.05, 3.63) is 69.5 Å². The summed E-state index contributed by atoms with van der Waals surface area (Å²) < 4.78 is 6.60. The van der Waals surface area contributed by atoms with E-state index in [9.17, 15) is 14.7 Å². The topological polar surface area (TPSA) is 83.8 Å². The van der Waals surface area contributed by atoms with Crippen LogP contribution in [0.5, 0.6) is 5.75 Å². The summed E-state index contributed by atoms with van der Waals surface area (Å²) in [7, 11) is 0. The average molecular weight is 376 g/mol. The third kappa shape index (κ3) is 2.57. The lowest BCUT2D eigenvalue weighted by molar-refractivity contribution is 0.0525. The van der Waals surface area contributed by atoms with Gasteiger partial charge in [0, 0.05) is 0 Å². The summed E-state index contributed by atoms with van der Waals surface area (Å²) in [5.41, 5.74) is 3.79. The number of fused-ring (bicyclic) bond motifs is 3. The second-order valence-corrected chi connectivity index (χ2v) is 6.75. The molecule has 2 N–H and O–H groups in total. The Kier molecular flexibility index (Phi) is 4.19. The van der Waals surface area contributed by atoms with Gasteiger partial charge in [0.05, 0.1) is 23.2 Å². The van der Waals surface area contributed by atoms with Crippen LogP contribution in [0.15, 0.2) is 47.3 Å². The van der Waals surface area contributed by atoms with E-state index in [2.05, 4.69) is 4.98 Å². The van der Waals surface area contributed by atoms with Gasteiger partial charge in [-0.25, -0.2) is 4.79 Å². The molecule has 0 aliphatic carbocycles. The second-order valence-electron chi connectivity index (χ2n) is 6.75. The molecule has 0 saturated carbocycles. The molecule has 0 fully saturated rings. The zero-order valence-electron chi connectivity index (χ0n) is 15.9. The van der Waals surface area contributed by atoms with Crippen LogP contribution in [-0.4, -0.2) is 27.1 Å². The third-order valence-corrected chi connectivity index (χ3v) is 5.00. The van der Waals surface area contributed by atoms with Crippen LogP contribution in [0.4, 0.5) is 0 Å². The van der Waals surface area contributed by atoms with Crippen molar-refractivity contribution in [3.63, 3.8) is 0 Å². The zero-order chi connectivity index (χ0) is 20.0. The number of benzene rings is 2. The molecule has 6 heteroatoms. The summed E-state index contributed by atoms with van der Waals surface area (Å²) in [6.07, 6.45) is 0. The van der Waals surface area contributed by atoms with Gasteiger partial charge in [-0.3, -0.25) is 9.20 Å². The van der Waals surface area contributed by atoms with E-state index in [0.717, 1.165) is 11.1 Å². The van der Waals surface area contributed by atoms with Crippen LogP contribution in [0.25, 0.3) is 27.8 Å². The van der Waals surface area contributed by atoms with Gasteiger partial charge < -0.3 is 14.8 Å². The summed E-state index contributed by atoms with van der Waals surface area (Å²) in [6, 6.07) is 12.6. The van der Waals surface area contributed by atoms with Crippen LogP contribution >= 0.6 is 0 Å². The van der Waals surface area contributed by atoms with Gasteiger partial charge in [-0.15, -0.1) is 0 Å². The minimum atomic E-state index is -0.685. The maximum atomic E-state index is 13.4. The average Bonchev–Trinajstić information content (AvgIpc) is 3.01. The minimum absolute atomic E-state index is 0.0493.